The Morgan fingerprint density at radius 3 is 2.47 bits per heavy atom. The highest BCUT2D eigenvalue weighted by Gasteiger charge is 2.33. The summed E-state index contributed by atoms with van der Waals surface area (Å²) in [5.74, 6) is 0.182. The van der Waals surface area contributed by atoms with E-state index < -0.39 is 12.1 Å². The second-order valence-electron chi connectivity index (χ2n) is 6.74. The number of halogens is 2. The molecule has 0 saturated heterocycles. The van der Waals surface area contributed by atoms with E-state index in [0.717, 1.165) is 4.47 Å². The van der Waals surface area contributed by atoms with E-state index in [2.05, 4.69) is 31.9 Å². The number of anilines is 1. The molecule has 2 aromatic carbocycles. The average Bonchev–Trinajstić information content (AvgIpc) is 3.19. The summed E-state index contributed by atoms with van der Waals surface area (Å²) in [7, 11) is 0. The van der Waals surface area contributed by atoms with Gasteiger partial charge in [-0.05, 0) is 67.6 Å². The van der Waals surface area contributed by atoms with Gasteiger partial charge in [0.15, 0.2) is 0 Å². The quantitative estimate of drug-likeness (QED) is 0.496. The third-order valence-corrected chi connectivity index (χ3v) is 5.18. The highest BCUT2D eigenvalue weighted by Crippen LogP contribution is 2.32. The molecule has 8 heteroatoms. The fraction of sp³-hybridized carbons (Fsp3) is 0.0909. The molecule has 3 amide bonds. The van der Waals surface area contributed by atoms with E-state index in [0.29, 0.717) is 34.0 Å². The number of urea groups is 1. The van der Waals surface area contributed by atoms with Crippen LogP contribution in [0.3, 0.4) is 0 Å². The molecule has 0 spiro atoms. The number of hydrogen-bond acceptors (Lipinski definition) is 3. The molecule has 30 heavy (non-hydrogen) atoms. The van der Waals surface area contributed by atoms with Crippen molar-refractivity contribution in [2.45, 2.75) is 13.0 Å². The second kappa shape index (κ2) is 8.16. The van der Waals surface area contributed by atoms with Crippen molar-refractivity contribution in [2.24, 2.45) is 0 Å². The van der Waals surface area contributed by atoms with Crippen LogP contribution in [0.25, 0.3) is 11.3 Å². The van der Waals surface area contributed by atoms with Crippen LogP contribution in [0.4, 0.5) is 14.9 Å². The summed E-state index contributed by atoms with van der Waals surface area (Å²) in [5.41, 5.74) is 2.06. The van der Waals surface area contributed by atoms with Gasteiger partial charge in [0, 0.05) is 21.4 Å². The summed E-state index contributed by atoms with van der Waals surface area (Å²) in [6.45, 7) is 1.66. The lowest BCUT2D eigenvalue weighted by Gasteiger charge is -2.27. The predicted octanol–water partition coefficient (Wildman–Crippen LogP) is 5.11. The number of allylic oxidation sites excluding steroid dienone is 1. The first-order valence-corrected chi connectivity index (χ1v) is 9.91. The maximum Gasteiger partial charge on any atom is 0.319 e. The lowest BCUT2D eigenvalue weighted by molar-refractivity contribution is -0.113. The Morgan fingerprint density at radius 2 is 1.77 bits per heavy atom. The van der Waals surface area contributed by atoms with Crippen molar-refractivity contribution in [1.82, 2.24) is 10.6 Å². The highest BCUT2D eigenvalue weighted by molar-refractivity contribution is 9.10. The monoisotopic (exact) mass is 469 g/mol. The largest absolute Gasteiger partial charge is 0.459 e. The van der Waals surface area contributed by atoms with Crippen LogP contribution in [0.15, 0.2) is 80.8 Å². The summed E-state index contributed by atoms with van der Waals surface area (Å²) < 4.78 is 20.0. The topological polar surface area (TPSA) is 83.4 Å². The zero-order chi connectivity index (χ0) is 21.3. The number of amides is 3. The van der Waals surface area contributed by atoms with Gasteiger partial charge in [-0.2, -0.15) is 0 Å². The van der Waals surface area contributed by atoms with Crippen molar-refractivity contribution in [2.75, 3.05) is 5.32 Å². The summed E-state index contributed by atoms with van der Waals surface area (Å²) >= 11 is 3.36. The minimum atomic E-state index is -0.775. The Balaban J connectivity index is 1.64. The predicted molar refractivity (Wildman–Crippen MR) is 114 cm³/mol. The molecule has 0 fully saturated rings. The van der Waals surface area contributed by atoms with Gasteiger partial charge in [0.05, 0.1) is 5.57 Å². The van der Waals surface area contributed by atoms with E-state index in [1.807, 2.05) is 12.1 Å². The van der Waals surface area contributed by atoms with Crippen LogP contribution in [-0.4, -0.2) is 11.9 Å². The first-order valence-electron chi connectivity index (χ1n) is 9.11. The standard InChI is InChI=1S/C22H17BrFN3O3/c1-12-19(21(28)26-16-8-4-14(23)5-9-16)20(27-22(29)25-12)18-11-10-17(30-18)13-2-6-15(24)7-3-13/h2-11,20H,1H3,(H,26,28)(H2,25,27,29)/t20-/m0/s1. The Hall–Kier alpha value is -3.39. The van der Waals surface area contributed by atoms with Crippen LogP contribution < -0.4 is 16.0 Å². The van der Waals surface area contributed by atoms with Crippen LogP contribution in [-0.2, 0) is 4.79 Å². The van der Waals surface area contributed by atoms with Crippen molar-refractivity contribution in [3.05, 3.63) is 88.0 Å². The van der Waals surface area contributed by atoms with Crippen LogP contribution in [0.1, 0.15) is 18.7 Å². The van der Waals surface area contributed by atoms with Gasteiger partial charge >= 0.3 is 6.03 Å². The zero-order valence-electron chi connectivity index (χ0n) is 15.8. The van der Waals surface area contributed by atoms with Crippen LogP contribution in [0, 0.1) is 5.82 Å². The smallest absolute Gasteiger partial charge is 0.319 e. The molecule has 6 nitrogen and oxygen atoms in total. The molecule has 0 unspecified atom stereocenters. The number of carbonyl (C=O) groups is 2. The van der Waals surface area contributed by atoms with E-state index in [1.54, 1.807) is 43.3 Å². The second-order valence-corrected chi connectivity index (χ2v) is 7.66. The minimum absolute atomic E-state index is 0.331. The Morgan fingerprint density at radius 1 is 1.07 bits per heavy atom. The third kappa shape index (κ3) is 4.13. The van der Waals surface area contributed by atoms with Crippen molar-refractivity contribution in [1.29, 1.82) is 0 Å². The molecule has 0 bridgehead atoms. The molecule has 4 rings (SSSR count). The van der Waals surface area contributed by atoms with Crippen LogP contribution >= 0.6 is 15.9 Å². The van der Waals surface area contributed by atoms with Gasteiger partial charge in [0.25, 0.3) is 5.91 Å². The van der Waals surface area contributed by atoms with Gasteiger partial charge in [-0.1, -0.05) is 15.9 Å². The number of carbonyl (C=O) groups excluding carboxylic acids is 2. The average molecular weight is 470 g/mol. The molecule has 0 aliphatic carbocycles. The van der Waals surface area contributed by atoms with Gasteiger partial charge in [-0.15, -0.1) is 0 Å². The Kier molecular flexibility index (Phi) is 5.41. The fourth-order valence-electron chi connectivity index (χ4n) is 3.22. The van der Waals surface area contributed by atoms with E-state index in [4.69, 9.17) is 4.42 Å². The normalized spacial score (nSPS) is 16.1. The van der Waals surface area contributed by atoms with E-state index in [9.17, 15) is 14.0 Å². The maximum atomic E-state index is 13.2. The highest BCUT2D eigenvalue weighted by atomic mass is 79.9. The number of rotatable bonds is 4. The van der Waals surface area contributed by atoms with E-state index in [1.165, 1.54) is 12.1 Å². The van der Waals surface area contributed by atoms with Gasteiger partial charge in [0.2, 0.25) is 0 Å². The molecule has 3 aromatic rings. The Labute approximate surface area is 180 Å². The van der Waals surface area contributed by atoms with E-state index >= 15 is 0 Å². The molecular formula is C22H17BrFN3O3. The minimum Gasteiger partial charge on any atom is -0.459 e. The molecule has 1 aliphatic rings. The number of furan rings is 1. The zero-order valence-corrected chi connectivity index (χ0v) is 17.4. The third-order valence-electron chi connectivity index (χ3n) is 4.66. The molecule has 3 N–H and O–H groups in total. The van der Waals surface area contributed by atoms with Crippen molar-refractivity contribution in [3.8, 4) is 11.3 Å². The molecule has 152 valence electrons. The Bertz CT molecular complexity index is 1140. The lowest BCUT2D eigenvalue weighted by atomic mass is 10.00. The molecular weight excluding hydrogens is 453 g/mol. The van der Waals surface area contributed by atoms with Crippen LogP contribution in [0.2, 0.25) is 0 Å². The molecule has 0 saturated carbocycles. The summed E-state index contributed by atoms with van der Waals surface area (Å²) in [6.07, 6.45) is 0. The molecule has 0 radical (unpaired) electrons. The first kappa shape index (κ1) is 19.9. The number of benzene rings is 2. The molecule has 1 atom stereocenters. The first-order chi connectivity index (χ1) is 14.4. The summed E-state index contributed by atoms with van der Waals surface area (Å²) in [5, 5.41) is 8.20. The number of hydrogen-bond donors (Lipinski definition) is 3. The SMILES string of the molecule is CC1=C(C(=O)Nc2ccc(Br)cc2)[C@H](c2ccc(-c3ccc(F)cc3)o2)NC(=O)N1. The van der Waals surface area contributed by atoms with E-state index in [-0.39, 0.29) is 11.7 Å². The number of nitrogens with one attached hydrogen (secondary N) is 3. The van der Waals surface area contributed by atoms with Crippen molar-refractivity contribution < 1.29 is 18.4 Å². The summed E-state index contributed by atoms with van der Waals surface area (Å²) in [6, 6.07) is 15.2. The van der Waals surface area contributed by atoms with Crippen LogP contribution in [0.5, 0.6) is 0 Å². The van der Waals surface area contributed by atoms with Gasteiger partial charge in [-0.25, -0.2) is 9.18 Å². The fourth-order valence-corrected chi connectivity index (χ4v) is 3.48. The van der Waals surface area contributed by atoms with Gasteiger partial charge < -0.3 is 20.4 Å². The van der Waals surface area contributed by atoms with Gasteiger partial charge in [-0.3, -0.25) is 4.79 Å². The maximum absolute atomic E-state index is 13.2. The molecule has 2 heterocycles. The van der Waals surface area contributed by atoms with Crippen molar-refractivity contribution in [3.63, 3.8) is 0 Å². The molecule has 1 aromatic heterocycles. The van der Waals surface area contributed by atoms with Crippen molar-refractivity contribution >= 4 is 33.6 Å². The van der Waals surface area contributed by atoms with Gasteiger partial charge in [0.1, 0.15) is 23.4 Å². The molecule has 1 aliphatic heterocycles. The summed E-state index contributed by atoms with van der Waals surface area (Å²) in [4.78, 5) is 25.1. The lowest BCUT2D eigenvalue weighted by Crippen LogP contribution is -2.45.